The molecule has 5 heteroatoms. The summed E-state index contributed by atoms with van der Waals surface area (Å²) < 4.78 is 0. The third kappa shape index (κ3) is 2.83. The number of nitrogens with zero attached hydrogens (tertiary/aromatic N) is 1. The number of carboxylic acids is 1. The fourth-order valence-corrected chi connectivity index (χ4v) is 1.97. The molecule has 0 spiro atoms. The number of nitrogens with one attached hydrogen (secondary N) is 2. The quantitative estimate of drug-likeness (QED) is 0.744. The van der Waals surface area contributed by atoms with Gasteiger partial charge in [0.25, 0.3) is 0 Å². The van der Waals surface area contributed by atoms with Gasteiger partial charge in [0.05, 0.1) is 11.1 Å². The first-order valence-electron chi connectivity index (χ1n) is 6.11. The lowest BCUT2D eigenvalue weighted by Crippen LogP contribution is -2.12. The van der Waals surface area contributed by atoms with Crippen LogP contribution < -0.4 is 5.32 Å². The molecule has 1 aromatic carbocycles. The molecule has 5 nitrogen and oxygen atoms in total. The molecule has 0 bridgehead atoms. The van der Waals surface area contributed by atoms with Crippen LogP contribution in [0.2, 0.25) is 0 Å². The number of aromatic carboxylic acids is 1. The third-order valence-corrected chi connectivity index (χ3v) is 2.79. The van der Waals surface area contributed by atoms with Gasteiger partial charge in [-0.1, -0.05) is 18.2 Å². The maximum Gasteiger partial charge on any atom is 0.336 e. The maximum absolute atomic E-state index is 11.3. The fraction of sp³-hybridized carbons (Fsp3) is 0.133. The van der Waals surface area contributed by atoms with Crippen LogP contribution in [0.4, 0.5) is 11.5 Å². The van der Waals surface area contributed by atoms with Crippen molar-refractivity contribution in [2.24, 2.45) is 0 Å². The number of anilines is 2. The van der Waals surface area contributed by atoms with E-state index < -0.39 is 5.97 Å². The van der Waals surface area contributed by atoms with Gasteiger partial charge < -0.3 is 15.8 Å². The van der Waals surface area contributed by atoms with Crippen LogP contribution in [0, 0.1) is 12.3 Å². The minimum Gasteiger partial charge on any atom is -0.478 e. The molecule has 0 aliphatic rings. The summed E-state index contributed by atoms with van der Waals surface area (Å²) in [5.74, 6) is -0.672. The summed E-state index contributed by atoms with van der Waals surface area (Å²) in [5, 5.41) is 20.2. The molecule has 0 aliphatic heterocycles. The number of para-hydroxylation sites is 1. The van der Waals surface area contributed by atoms with E-state index in [9.17, 15) is 9.90 Å². The van der Waals surface area contributed by atoms with E-state index in [0.717, 1.165) is 5.69 Å². The Bertz CT molecular complexity index is 666. The molecular weight excluding hydrogens is 254 g/mol. The summed E-state index contributed by atoms with van der Waals surface area (Å²) in [6.45, 7) is 3.28. The third-order valence-electron chi connectivity index (χ3n) is 2.79. The largest absolute Gasteiger partial charge is 0.478 e. The van der Waals surface area contributed by atoms with Crippen LogP contribution in [0.25, 0.3) is 0 Å². The lowest BCUT2D eigenvalue weighted by atomic mass is 10.0. The predicted octanol–water partition coefficient (Wildman–Crippen LogP) is 3.22. The first kappa shape index (κ1) is 13.7. The Morgan fingerprint density at radius 1 is 1.30 bits per heavy atom. The van der Waals surface area contributed by atoms with E-state index in [1.54, 1.807) is 13.8 Å². The molecule has 0 radical (unpaired) electrons. The normalized spacial score (nSPS) is 10.1. The molecule has 0 atom stereocenters. The molecule has 0 aliphatic carbocycles. The second-order valence-electron chi connectivity index (χ2n) is 4.46. The highest BCUT2D eigenvalue weighted by atomic mass is 16.4. The number of rotatable bonds is 4. The Hall–Kier alpha value is -2.69. The number of hydrogen-bond acceptors (Lipinski definition) is 4. The molecule has 20 heavy (non-hydrogen) atoms. The van der Waals surface area contributed by atoms with E-state index in [1.165, 1.54) is 6.07 Å². The van der Waals surface area contributed by atoms with Gasteiger partial charge in [0, 0.05) is 17.1 Å². The smallest absolute Gasteiger partial charge is 0.336 e. The lowest BCUT2D eigenvalue weighted by molar-refractivity contribution is 0.0696. The fourth-order valence-electron chi connectivity index (χ4n) is 1.97. The molecule has 102 valence electrons. The van der Waals surface area contributed by atoms with Crippen molar-refractivity contribution >= 4 is 23.2 Å². The summed E-state index contributed by atoms with van der Waals surface area (Å²) >= 11 is 0. The van der Waals surface area contributed by atoms with Crippen molar-refractivity contribution in [1.82, 2.24) is 4.98 Å². The summed E-state index contributed by atoms with van der Waals surface area (Å²) in [6, 6.07) is 10.8. The molecule has 2 aromatic rings. The van der Waals surface area contributed by atoms with E-state index >= 15 is 0 Å². The van der Waals surface area contributed by atoms with Crippen LogP contribution in [0.5, 0.6) is 0 Å². The number of hydrogen-bond donors (Lipinski definition) is 3. The minimum atomic E-state index is -1.06. The van der Waals surface area contributed by atoms with Crippen molar-refractivity contribution in [3.63, 3.8) is 0 Å². The Morgan fingerprint density at radius 2 is 1.95 bits per heavy atom. The van der Waals surface area contributed by atoms with E-state index in [0.29, 0.717) is 17.1 Å². The van der Waals surface area contributed by atoms with Gasteiger partial charge in [0.15, 0.2) is 0 Å². The van der Waals surface area contributed by atoms with E-state index in [1.807, 2.05) is 30.3 Å². The summed E-state index contributed by atoms with van der Waals surface area (Å²) in [5.41, 5.74) is 1.94. The zero-order valence-electron chi connectivity index (χ0n) is 11.3. The van der Waals surface area contributed by atoms with Crippen LogP contribution in [-0.4, -0.2) is 21.8 Å². The second kappa shape index (κ2) is 5.52. The first-order valence-corrected chi connectivity index (χ1v) is 6.11. The number of aromatic nitrogens is 1. The van der Waals surface area contributed by atoms with E-state index in [2.05, 4.69) is 10.3 Å². The van der Waals surface area contributed by atoms with Gasteiger partial charge in [-0.2, -0.15) is 0 Å². The molecule has 0 amide bonds. The zero-order valence-corrected chi connectivity index (χ0v) is 11.3. The summed E-state index contributed by atoms with van der Waals surface area (Å²) in [6.07, 6.45) is 0. The molecule has 0 saturated heterocycles. The minimum absolute atomic E-state index is 0.0865. The van der Waals surface area contributed by atoms with Crippen molar-refractivity contribution in [3.05, 3.63) is 53.2 Å². The summed E-state index contributed by atoms with van der Waals surface area (Å²) in [7, 11) is 0. The number of aryl methyl sites for hydroxylation is 1. The highest BCUT2D eigenvalue weighted by Crippen LogP contribution is 2.23. The van der Waals surface area contributed by atoms with E-state index in [4.69, 9.17) is 5.41 Å². The second-order valence-corrected chi connectivity index (χ2v) is 4.46. The van der Waals surface area contributed by atoms with Gasteiger partial charge in [0.1, 0.15) is 5.82 Å². The number of pyridine rings is 1. The topological polar surface area (TPSA) is 86.1 Å². The summed E-state index contributed by atoms with van der Waals surface area (Å²) in [4.78, 5) is 15.6. The number of carboxylic acid groups (broad SMARTS) is 1. The van der Waals surface area contributed by atoms with Gasteiger partial charge in [-0.05, 0) is 32.0 Å². The molecule has 3 N–H and O–H groups in total. The molecular formula is C15H15N3O2. The highest BCUT2D eigenvalue weighted by Gasteiger charge is 2.18. The lowest BCUT2D eigenvalue weighted by Gasteiger charge is -2.14. The molecule has 0 saturated carbocycles. The van der Waals surface area contributed by atoms with Crippen LogP contribution >= 0.6 is 0 Å². The van der Waals surface area contributed by atoms with Crippen LogP contribution in [0.3, 0.4) is 0 Å². The Balaban J connectivity index is 2.56. The average Bonchev–Trinajstić information content (AvgIpc) is 2.38. The van der Waals surface area contributed by atoms with Crippen LogP contribution in [0.1, 0.15) is 28.5 Å². The zero-order chi connectivity index (χ0) is 14.7. The van der Waals surface area contributed by atoms with Crippen molar-refractivity contribution in [1.29, 1.82) is 5.41 Å². The van der Waals surface area contributed by atoms with Crippen LogP contribution in [-0.2, 0) is 0 Å². The molecule has 2 rings (SSSR count). The standard InChI is InChI=1S/C15H15N3O2/c1-9-8-12(15(19)20)13(10(2)16)14(17-9)18-11-6-4-3-5-7-11/h3-8,16H,1-2H3,(H,17,18)(H,19,20). The van der Waals surface area contributed by atoms with Gasteiger partial charge in [-0.15, -0.1) is 0 Å². The van der Waals surface area contributed by atoms with E-state index in [-0.39, 0.29) is 11.3 Å². The van der Waals surface area contributed by atoms with Crippen molar-refractivity contribution < 1.29 is 9.90 Å². The number of benzene rings is 1. The van der Waals surface area contributed by atoms with Gasteiger partial charge in [0.2, 0.25) is 0 Å². The number of carbonyl (C=O) groups is 1. The van der Waals surface area contributed by atoms with Gasteiger partial charge >= 0.3 is 5.97 Å². The van der Waals surface area contributed by atoms with Crippen molar-refractivity contribution in [2.75, 3.05) is 5.32 Å². The monoisotopic (exact) mass is 269 g/mol. The average molecular weight is 269 g/mol. The molecule has 0 fully saturated rings. The highest BCUT2D eigenvalue weighted by molar-refractivity contribution is 6.09. The molecule has 1 aromatic heterocycles. The molecule has 0 unspecified atom stereocenters. The Labute approximate surface area is 116 Å². The Kier molecular flexibility index (Phi) is 3.79. The first-order chi connectivity index (χ1) is 9.49. The SMILES string of the molecule is CC(=N)c1c(C(=O)O)cc(C)nc1Nc1ccccc1. The maximum atomic E-state index is 11.3. The predicted molar refractivity (Wildman–Crippen MR) is 78.2 cm³/mol. The van der Waals surface area contributed by atoms with Crippen molar-refractivity contribution in [2.45, 2.75) is 13.8 Å². The van der Waals surface area contributed by atoms with Crippen LogP contribution in [0.15, 0.2) is 36.4 Å². The van der Waals surface area contributed by atoms with Gasteiger partial charge in [-0.3, -0.25) is 0 Å². The Morgan fingerprint density at radius 3 is 2.50 bits per heavy atom. The van der Waals surface area contributed by atoms with Crippen molar-refractivity contribution in [3.8, 4) is 0 Å². The van der Waals surface area contributed by atoms with Gasteiger partial charge in [-0.25, -0.2) is 9.78 Å². The molecule has 1 heterocycles.